The quantitative estimate of drug-likeness (QED) is 0.568. The van der Waals surface area contributed by atoms with Gasteiger partial charge in [0, 0.05) is 0 Å². The number of esters is 1. The van der Waals surface area contributed by atoms with Gasteiger partial charge in [-0.3, -0.25) is 0 Å². The number of benzene rings is 2. The summed E-state index contributed by atoms with van der Waals surface area (Å²) >= 11 is 0. The molecule has 0 bridgehead atoms. The third-order valence-corrected chi connectivity index (χ3v) is 2.73. The zero-order valence-corrected chi connectivity index (χ0v) is 10.3. The molecule has 0 heterocycles. The molecule has 3 N–H and O–H groups in total. The Morgan fingerprint density at radius 3 is 2.45 bits per heavy atom. The second kappa shape index (κ2) is 5.68. The highest BCUT2D eigenvalue weighted by atomic mass is 16.6. The molecule has 0 atom stereocenters. The number of ether oxygens (including phenoxy) is 1. The predicted octanol–water partition coefficient (Wildman–Crippen LogP) is 1.01. The van der Waals surface area contributed by atoms with E-state index in [4.69, 9.17) is 15.3 Å². The molecule has 0 saturated carbocycles. The molecule has 2 aromatic carbocycles. The van der Waals surface area contributed by atoms with E-state index in [2.05, 4.69) is 4.74 Å². The number of fused-ring (bicyclic) bond motifs is 1. The summed E-state index contributed by atoms with van der Waals surface area (Å²) in [5.74, 6) is -2.17. The maximum atomic E-state index is 12.0. The van der Waals surface area contributed by atoms with Crippen LogP contribution in [-0.4, -0.2) is 40.2 Å². The zero-order valence-electron chi connectivity index (χ0n) is 10.3. The van der Waals surface area contributed by atoms with Gasteiger partial charge in [-0.2, -0.15) is 0 Å². The molecule has 0 unspecified atom stereocenters. The number of rotatable bonds is 4. The Bertz CT molecular complexity index is 662. The van der Waals surface area contributed by atoms with Crippen LogP contribution in [0, 0.1) is 0 Å². The molecule has 0 aliphatic carbocycles. The van der Waals surface area contributed by atoms with E-state index in [0.29, 0.717) is 10.8 Å². The highest BCUT2D eigenvalue weighted by molar-refractivity contribution is 6.12. The first-order valence-corrected chi connectivity index (χ1v) is 5.79. The minimum absolute atomic E-state index is 0.101. The molecule has 6 nitrogen and oxygen atoms in total. The molecular weight excluding hydrogens is 264 g/mol. The van der Waals surface area contributed by atoms with Crippen molar-refractivity contribution in [3.63, 3.8) is 0 Å². The summed E-state index contributed by atoms with van der Waals surface area (Å²) in [7, 11) is 0. The molecule has 2 aromatic rings. The van der Waals surface area contributed by atoms with Crippen molar-refractivity contribution >= 4 is 22.7 Å². The first-order valence-electron chi connectivity index (χ1n) is 5.79. The number of carbonyl (C=O) groups is 2. The van der Waals surface area contributed by atoms with Gasteiger partial charge in [0.15, 0.2) is 6.29 Å². The van der Waals surface area contributed by atoms with Crippen molar-refractivity contribution < 1.29 is 29.6 Å². The highest BCUT2D eigenvalue weighted by Gasteiger charge is 2.21. The number of hydrogen-bond acceptors (Lipinski definition) is 5. The van der Waals surface area contributed by atoms with Gasteiger partial charge in [0.2, 0.25) is 0 Å². The zero-order chi connectivity index (χ0) is 14.7. The third kappa shape index (κ3) is 2.76. The fraction of sp³-hybridized carbons (Fsp3) is 0.143. The van der Waals surface area contributed by atoms with Crippen molar-refractivity contribution in [2.75, 3.05) is 6.61 Å². The summed E-state index contributed by atoms with van der Waals surface area (Å²) in [6.45, 7) is -0.624. The summed E-state index contributed by atoms with van der Waals surface area (Å²) in [6.07, 6.45) is -1.80. The lowest BCUT2D eigenvalue weighted by Crippen LogP contribution is -2.19. The molecule has 0 saturated heterocycles. The van der Waals surface area contributed by atoms with Crippen LogP contribution in [-0.2, 0) is 4.74 Å². The average Bonchev–Trinajstić information content (AvgIpc) is 2.43. The molecule has 0 aliphatic heterocycles. The van der Waals surface area contributed by atoms with Gasteiger partial charge in [-0.25, -0.2) is 9.59 Å². The first kappa shape index (κ1) is 14.0. The normalized spacial score (nSPS) is 10.8. The Morgan fingerprint density at radius 1 is 1.10 bits per heavy atom. The smallest absolute Gasteiger partial charge is 0.339 e. The molecule has 6 heteroatoms. The molecule has 0 amide bonds. The van der Waals surface area contributed by atoms with Crippen molar-refractivity contribution in [3.05, 3.63) is 47.5 Å². The SMILES string of the molecule is O=C(O)c1ccc2ccccc2c1C(=O)OCC(O)O. The third-order valence-electron chi connectivity index (χ3n) is 2.73. The van der Waals surface area contributed by atoms with Gasteiger partial charge in [0.1, 0.15) is 6.61 Å². The monoisotopic (exact) mass is 276 g/mol. The van der Waals surface area contributed by atoms with Crippen LogP contribution in [0.2, 0.25) is 0 Å². The van der Waals surface area contributed by atoms with Gasteiger partial charge in [-0.15, -0.1) is 0 Å². The molecule has 20 heavy (non-hydrogen) atoms. The van der Waals surface area contributed by atoms with Crippen LogP contribution in [0.5, 0.6) is 0 Å². The van der Waals surface area contributed by atoms with Crippen molar-refractivity contribution in [1.82, 2.24) is 0 Å². The highest BCUT2D eigenvalue weighted by Crippen LogP contribution is 2.23. The number of aliphatic hydroxyl groups excluding tert-OH is 1. The largest absolute Gasteiger partial charge is 0.478 e. The minimum atomic E-state index is -1.80. The molecule has 0 aliphatic rings. The lowest BCUT2D eigenvalue weighted by atomic mass is 9.99. The van der Waals surface area contributed by atoms with E-state index in [9.17, 15) is 9.59 Å². The van der Waals surface area contributed by atoms with E-state index in [1.807, 2.05) is 0 Å². The number of carbonyl (C=O) groups excluding carboxylic acids is 1. The Hall–Kier alpha value is -2.44. The van der Waals surface area contributed by atoms with Crippen molar-refractivity contribution in [2.24, 2.45) is 0 Å². The van der Waals surface area contributed by atoms with Crippen molar-refractivity contribution in [3.8, 4) is 0 Å². The molecule has 0 fully saturated rings. The summed E-state index contributed by atoms with van der Waals surface area (Å²) in [5, 5.41) is 27.7. The van der Waals surface area contributed by atoms with Crippen molar-refractivity contribution in [2.45, 2.75) is 6.29 Å². The van der Waals surface area contributed by atoms with Gasteiger partial charge in [-0.1, -0.05) is 30.3 Å². The van der Waals surface area contributed by atoms with Gasteiger partial charge < -0.3 is 20.1 Å². The van der Waals surface area contributed by atoms with Crippen LogP contribution in [0.15, 0.2) is 36.4 Å². The maximum absolute atomic E-state index is 12.0. The van der Waals surface area contributed by atoms with Crippen LogP contribution in [0.1, 0.15) is 20.7 Å². The van der Waals surface area contributed by atoms with E-state index >= 15 is 0 Å². The molecule has 2 rings (SSSR count). The fourth-order valence-corrected chi connectivity index (χ4v) is 1.89. The van der Waals surface area contributed by atoms with Crippen LogP contribution >= 0.6 is 0 Å². The topological polar surface area (TPSA) is 104 Å². The summed E-state index contributed by atoms with van der Waals surface area (Å²) < 4.78 is 4.69. The molecule has 0 spiro atoms. The van der Waals surface area contributed by atoms with E-state index < -0.39 is 24.8 Å². The Labute approximate surface area is 113 Å². The van der Waals surface area contributed by atoms with Gasteiger partial charge in [0.25, 0.3) is 0 Å². The second-order valence-corrected chi connectivity index (χ2v) is 4.09. The van der Waals surface area contributed by atoms with Crippen LogP contribution in [0.3, 0.4) is 0 Å². The Morgan fingerprint density at radius 2 is 1.80 bits per heavy atom. The Balaban J connectivity index is 2.55. The average molecular weight is 276 g/mol. The molecular formula is C14H12O6. The van der Waals surface area contributed by atoms with Gasteiger partial charge >= 0.3 is 11.9 Å². The van der Waals surface area contributed by atoms with Crippen molar-refractivity contribution in [1.29, 1.82) is 0 Å². The fourth-order valence-electron chi connectivity index (χ4n) is 1.89. The van der Waals surface area contributed by atoms with E-state index in [1.54, 1.807) is 30.3 Å². The molecule has 0 radical (unpaired) electrons. The number of carboxylic acids is 1. The number of aromatic carboxylic acids is 1. The second-order valence-electron chi connectivity index (χ2n) is 4.09. The first-order chi connectivity index (χ1) is 9.50. The lowest BCUT2D eigenvalue weighted by Gasteiger charge is -2.11. The number of hydrogen-bond donors (Lipinski definition) is 3. The van der Waals surface area contributed by atoms with Gasteiger partial charge in [0.05, 0.1) is 11.1 Å². The predicted molar refractivity (Wildman–Crippen MR) is 69.4 cm³/mol. The van der Waals surface area contributed by atoms with Gasteiger partial charge in [-0.05, 0) is 16.8 Å². The van der Waals surface area contributed by atoms with E-state index in [-0.39, 0.29) is 11.1 Å². The Kier molecular flexibility index (Phi) is 3.97. The minimum Gasteiger partial charge on any atom is -0.478 e. The van der Waals surface area contributed by atoms with Crippen LogP contribution in [0.4, 0.5) is 0 Å². The van der Waals surface area contributed by atoms with E-state index in [1.165, 1.54) is 6.07 Å². The summed E-state index contributed by atoms with van der Waals surface area (Å²) in [6, 6.07) is 9.68. The molecule has 0 aromatic heterocycles. The summed E-state index contributed by atoms with van der Waals surface area (Å²) in [5.41, 5.74) is -0.294. The number of aliphatic hydroxyl groups is 2. The summed E-state index contributed by atoms with van der Waals surface area (Å²) in [4.78, 5) is 23.2. The standard InChI is InChI=1S/C14H12O6/c15-11(16)7-20-14(19)12-9-4-2-1-3-8(9)5-6-10(12)13(17)18/h1-6,11,15-16H,7H2,(H,17,18). The number of carboxylic acid groups (broad SMARTS) is 1. The van der Waals surface area contributed by atoms with Crippen LogP contribution in [0.25, 0.3) is 10.8 Å². The maximum Gasteiger partial charge on any atom is 0.339 e. The van der Waals surface area contributed by atoms with Crippen LogP contribution < -0.4 is 0 Å². The molecule has 104 valence electrons. The van der Waals surface area contributed by atoms with E-state index in [0.717, 1.165) is 0 Å². The lowest BCUT2D eigenvalue weighted by molar-refractivity contribution is -0.0812.